The second kappa shape index (κ2) is 6.63. The number of carbonyl (C=O) groups excluding carboxylic acids is 1. The fourth-order valence-corrected chi connectivity index (χ4v) is 2.36. The Balaban J connectivity index is 2.17. The van der Waals surface area contributed by atoms with E-state index < -0.39 is 0 Å². The number of carbonyl (C=O) groups is 1. The standard InChI is InChI=1S/C16H17BrN2O2/c1-19(10-11-3-6-13(17)7-4-11)15-8-5-12(9-14(15)18)16(20)21-2/h3-9H,10,18H2,1-2H3. The number of hydrogen-bond acceptors (Lipinski definition) is 4. The van der Waals surface area contributed by atoms with E-state index in [1.807, 2.05) is 30.1 Å². The number of benzene rings is 2. The maximum atomic E-state index is 11.5. The van der Waals surface area contributed by atoms with E-state index in [0.717, 1.165) is 16.7 Å². The summed E-state index contributed by atoms with van der Waals surface area (Å²) in [5.74, 6) is -0.385. The molecule has 0 aromatic heterocycles. The highest BCUT2D eigenvalue weighted by Gasteiger charge is 2.11. The first-order chi connectivity index (χ1) is 10.0. The molecular weight excluding hydrogens is 332 g/mol. The van der Waals surface area contributed by atoms with Crippen LogP contribution in [-0.2, 0) is 11.3 Å². The summed E-state index contributed by atoms with van der Waals surface area (Å²) in [7, 11) is 3.32. The first-order valence-corrected chi connectivity index (χ1v) is 7.24. The lowest BCUT2D eigenvalue weighted by molar-refractivity contribution is 0.0601. The van der Waals surface area contributed by atoms with Crippen LogP contribution in [-0.4, -0.2) is 20.1 Å². The maximum absolute atomic E-state index is 11.5. The van der Waals surface area contributed by atoms with Crippen LogP contribution in [0.3, 0.4) is 0 Å². The summed E-state index contributed by atoms with van der Waals surface area (Å²) in [5.41, 5.74) is 9.10. The van der Waals surface area contributed by atoms with Gasteiger partial charge in [0.1, 0.15) is 0 Å². The molecule has 2 aromatic carbocycles. The third-order valence-corrected chi connectivity index (χ3v) is 3.72. The molecule has 0 atom stereocenters. The molecule has 110 valence electrons. The van der Waals surface area contributed by atoms with E-state index in [1.54, 1.807) is 12.1 Å². The first kappa shape index (κ1) is 15.4. The third-order valence-electron chi connectivity index (χ3n) is 3.19. The molecule has 0 saturated carbocycles. The second-order valence-corrected chi connectivity index (χ2v) is 5.66. The topological polar surface area (TPSA) is 55.6 Å². The van der Waals surface area contributed by atoms with Gasteiger partial charge in [-0.2, -0.15) is 0 Å². The fraction of sp³-hybridized carbons (Fsp3) is 0.188. The highest BCUT2D eigenvalue weighted by molar-refractivity contribution is 9.10. The van der Waals surface area contributed by atoms with Crippen molar-refractivity contribution >= 4 is 33.3 Å². The van der Waals surface area contributed by atoms with E-state index in [-0.39, 0.29) is 5.97 Å². The van der Waals surface area contributed by atoms with Crippen LogP contribution in [0.4, 0.5) is 11.4 Å². The normalized spacial score (nSPS) is 10.2. The van der Waals surface area contributed by atoms with Crippen molar-refractivity contribution in [2.45, 2.75) is 6.54 Å². The predicted octanol–water partition coefficient (Wildman–Crippen LogP) is 3.45. The van der Waals surface area contributed by atoms with Gasteiger partial charge in [0, 0.05) is 18.1 Å². The van der Waals surface area contributed by atoms with E-state index in [0.29, 0.717) is 11.3 Å². The van der Waals surface area contributed by atoms with Crippen molar-refractivity contribution in [3.05, 3.63) is 58.1 Å². The van der Waals surface area contributed by atoms with E-state index in [4.69, 9.17) is 5.73 Å². The average molecular weight is 349 g/mol. The maximum Gasteiger partial charge on any atom is 0.337 e. The van der Waals surface area contributed by atoms with E-state index in [1.165, 1.54) is 12.7 Å². The van der Waals surface area contributed by atoms with Crippen LogP contribution < -0.4 is 10.6 Å². The molecule has 0 unspecified atom stereocenters. The Labute approximate surface area is 132 Å². The lowest BCUT2D eigenvalue weighted by atomic mass is 10.1. The van der Waals surface area contributed by atoms with E-state index in [2.05, 4.69) is 32.8 Å². The monoisotopic (exact) mass is 348 g/mol. The molecule has 5 heteroatoms. The van der Waals surface area contributed by atoms with Gasteiger partial charge in [0.05, 0.1) is 24.0 Å². The molecule has 2 rings (SSSR count). The molecule has 0 aliphatic rings. The Morgan fingerprint density at radius 1 is 1.24 bits per heavy atom. The predicted molar refractivity (Wildman–Crippen MR) is 88.4 cm³/mol. The van der Waals surface area contributed by atoms with Crippen molar-refractivity contribution in [2.75, 3.05) is 24.8 Å². The van der Waals surface area contributed by atoms with E-state index >= 15 is 0 Å². The van der Waals surface area contributed by atoms with Crippen molar-refractivity contribution in [3.63, 3.8) is 0 Å². The lowest BCUT2D eigenvalue weighted by Crippen LogP contribution is -2.18. The van der Waals surface area contributed by atoms with Gasteiger partial charge in [-0.15, -0.1) is 0 Å². The van der Waals surface area contributed by atoms with Crippen LogP contribution >= 0.6 is 15.9 Å². The molecule has 0 bridgehead atoms. The number of ether oxygens (including phenoxy) is 1. The molecule has 0 fully saturated rings. The highest BCUT2D eigenvalue weighted by atomic mass is 79.9. The Bertz CT molecular complexity index is 641. The number of nitrogen functional groups attached to an aromatic ring is 1. The number of nitrogens with two attached hydrogens (primary N) is 1. The zero-order chi connectivity index (χ0) is 15.4. The fourth-order valence-electron chi connectivity index (χ4n) is 2.10. The van der Waals surface area contributed by atoms with Crippen LogP contribution in [0.1, 0.15) is 15.9 Å². The molecule has 0 aliphatic heterocycles. The smallest absolute Gasteiger partial charge is 0.337 e. The lowest BCUT2D eigenvalue weighted by Gasteiger charge is -2.21. The molecule has 21 heavy (non-hydrogen) atoms. The van der Waals surface area contributed by atoms with Crippen molar-refractivity contribution in [1.29, 1.82) is 0 Å². The molecule has 0 saturated heterocycles. The van der Waals surface area contributed by atoms with Gasteiger partial charge in [-0.1, -0.05) is 28.1 Å². The summed E-state index contributed by atoms with van der Waals surface area (Å²) < 4.78 is 5.74. The van der Waals surface area contributed by atoms with Crippen molar-refractivity contribution in [3.8, 4) is 0 Å². The van der Waals surface area contributed by atoms with Gasteiger partial charge in [0.15, 0.2) is 0 Å². The van der Waals surface area contributed by atoms with Crippen molar-refractivity contribution in [1.82, 2.24) is 0 Å². The Morgan fingerprint density at radius 3 is 2.48 bits per heavy atom. The summed E-state index contributed by atoms with van der Waals surface area (Å²) in [4.78, 5) is 13.5. The largest absolute Gasteiger partial charge is 0.465 e. The number of hydrogen-bond donors (Lipinski definition) is 1. The summed E-state index contributed by atoms with van der Waals surface area (Å²) >= 11 is 3.42. The first-order valence-electron chi connectivity index (χ1n) is 6.44. The molecule has 0 radical (unpaired) electrons. The quantitative estimate of drug-likeness (QED) is 0.679. The van der Waals surface area contributed by atoms with Crippen LogP contribution in [0.5, 0.6) is 0 Å². The Morgan fingerprint density at radius 2 is 1.90 bits per heavy atom. The number of halogens is 1. The molecule has 0 spiro atoms. The molecule has 2 N–H and O–H groups in total. The number of methoxy groups -OCH3 is 1. The summed E-state index contributed by atoms with van der Waals surface area (Å²) in [6.07, 6.45) is 0. The highest BCUT2D eigenvalue weighted by Crippen LogP contribution is 2.25. The molecule has 0 aliphatic carbocycles. The van der Waals surface area contributed by atoms with Crippen LogP contribution in [0, 0.1) is 0 Å². The second-order valence-electron chi connectivity index (χ2n) is 4.75. The van der Waals surface area contributed by atoms with Crippen LogP contribution in [0.2, 0.25) is 0 Å². The summed E-state index contributed by atoms with van der Waals surface area (Å²) in [6.45, 7) is 0.731. The minimum atomic E-state index is -0.385. The van der Waals surface area contributed by atoms with Gasteiger partial charge in [0.2, 0.25) is 0 Å². The minimum absolute atomic E-state index is 0.385. The Kier molecular flexibility index (Phi) is 4.85. The van der Waals surface area contributed by atoms with Gasteiger partial charge in [-0.05, 0) is 35.9 Å². The number of rotatable bonds is 4. The molecular formula is C16H17BrN2O2. The van der Waals surface area contributed by atoms with E-state index in [9.17, 15) is 4.79 Å². The SMILES string of the molecule is COC(=O)c1ccc(N(C)Cc2ccc(Br)cc2)c(N)c1. The number of anilines is 2. The van der Waals surface area contributed by atoms with Gasteiger partial charge in [-0.3, -0.25) is 0 Å². The van der Waals surface area contributed by atoms with Crippen molar-refractivity contribution < 1.29 is 9.53 Å². The summed E-state index contributed by atoms with van der Waals surface area (Å²) in [6, 6.07) is 13.3. The van der Waals surface area contributed by atoms with Gasteiger partial charge in [0.25, 0.3) is 0 Å². The van der Waals surface area contributed by atoms with Gasteiger partial charge >= 0.3 is 5.97 Å². The third kappa shape index (κ3) is 3.76. The minimum Gasteiger partial charge on any atom is -0.465 e. The molecule has 4 nitrogen and oxygen atoms in total. The van der Waals surface area contributed by atoms with Crippen LogP contribution in [0.15, 0.2) is 46.9 Å². The zero-order valence-electron chi connectivity index (χ0n) is 12.0. The average Bonchev–Trinajstić information content (AvgIpc) is 2.48. The molecule has 0 heterocycles. The molecule has 0 amide bonds. The summed E-state index contributed by atoms with van der Waals surface area (Å²) in [5, 5.41) is 0. The van der Waals surface area contributed by atoms with Crippen molar-refractivity contribution in [2.24, 2.45) is 0 Å². The van der Waals surface area contributed by atoms with Crippen LogP contribution in [0.25, 0.3) is 0 Å². The zero-order valence-corrected chi connectivity index (χ0v) is 13.6. The molecule has 2 aromatic rings. The number of esters is 1. The van der Waals surface area contributed by atoms with Gasteiger partial charge < -0.3 is 15.4 Å². The van der Waals surface area contributed by atoms with Gasteiger partial charge in [-0.25, -0.2) is 4.79 Å². The Hall–Kier alpha value is -2.01. The number of nitrogens with zero attached hydrogens (tertiary/aromatic N) is 1.